The van der Waals surface area contributed by atoms with Gasteiger partial charge >= 0.3 is 7.12 Å². The van der Waals surface area contributed by atoms with Crippen molar-refractivity contribution in [3.8, 4) is 11.5 Å². The lowest BCUT2D eigenvalue weighted by atomic mass is 9.73. The molecular formula is C28H6BF13O2. The lowest BCUT2D eigenvalue weighted by Gasteiger charge is -2.22. The molecule has 0 unspecified atom stereocenters. The summed E-state index contributed by atoms with van der Waals surface area (Å²) in [6.45, 7) is 0. The third-order valence-electron chi connectivity index (χ3n) is 6.81. The second-order valence-electron chi connectivity index (χ2n) is 9.19. The van der Waals surface area contributed by atoms with Gasteiger partial charge in [0.1, 0.15) is 5.82 Å². The van der Waals surface area contributed by atoms with Crippen molar-refractivity contribution in [2.24, 2.45) is 0 Å². The predicted molar refractivity (Wildman–Crippen MR) is 129 cm³/mol. The van der Waals surface area contributed by atoms with E-state index in [1.807, 2.05) is 0 Å². The molecule has 0 aliphatic carbocycles. The Labute approximate surface area is 235 Å². The fourth-order valence-corrected chi connectivity index (χ4v) is 4.86. The zero-order valence-corrected chi connectivity index (χ0v) is 20.8. The molecule has 0 radical (unpaired) electrons. The van der Waals surface area contributed by atoms with Gasteiger partial charge in [-0.2, -0.15) is 13.2 Å². The van der Waals surface area contributed by atoms with E-state index >= 15 is 13.2 Å². The third kappa shape index (κ3) is 3.99. The van der Waals surface area contributed by atoms with Crippen molar-refractivity contribution in [1.82, 2.24) is 0 Å². The number of halogens is 13. The maximum Gasteiger partial charge on any atom is 0.636 e. The molecule has 44 heavy (non-hydrogen) atoms. The fraction of sp³-hybridized carbons (Fsp3) is 0. The summed E-state index contributed by atoms with van der Waals surface area (Å²) in [5, 5.41) is -4.77. The summed E-state index contributed by atoms with van der Waals surface area (Å²) in [4.78, 5) is 0. The van der Waals surface area contributed by atoms with Crippen LogP contribution < -0.4 is 14.8 Å². The Morgan fingerprint density at radius 3 is 1.52 bits per heavy atom. The van der Waals surface area contributed by atoms with Gasteiger partial charge in [0.05, 0.1) is 16.2 Å². The number of rotatable bonds is 5. The molecule has 0 spiro atoms. The molecule has 6 rings (SSSR count). The Hall–Kier alpha value is -4.89. The first-order valence-electron chi connectivity index (χ1n) is 11.9. The van der Waals surface area contributed by atoms with Crippen molar-refractivity contribution < 1.29 is 66.4 Å². The summed E-state index contributed by atoms with van der Waals surface area (Å²) in [6, 6.07) is 4.10. The van der Waals surface area contributed by atoms with Crippen LogP contribution in [0.3, 0.4) is 0 Å². The van der Waals surface area contributed by atoms with E-state index in [0.717, 1.165) is 24.3 Å². The average molecular weight is 632 g/mol. The molecule has 6 aromatic carbocycles. The molecule has 0 bridgehead atoms. The van der Waals surface area contributed by atoms with Crippen LogP contribution in [0.1, 0.15) is 0 Å². The molecule has 0 N–H and O–H groups in total. The molecule has 0 saturated heterocycles. The Balaban J connectivity index is 1.73. The SMILES string of the molecule is Fc1ccc(F)c(OB(Oc2c(F)c(F)c(F)c(F)c2F)c2c(F)c(F)c3c(F)c(F)c4c(F)ccc5ccc2c3c54)c1F. The van der Waals surface area contributed by atoms with Crippen LogP contribution in [0.2, 0.25) is 0 Å². The summed E-state index contributed by atoms with van der Waals surface area (Å²) in [6.07, 6.45) is 0. The molecule has 0 aliphatic rings. The van der Waals surface area contributed by atoms with Crippen LogP contribution in [0.25, 0.3) is 32.3 Å². The van der Waals surface area contributed by atoms with E-state index < -0.39 is 127 Å². The van der Waals surface area contributed by atoms with E-state index in [2.05, 4.69) is 0 Å². The van der Waals surface area contributed by atoms with Gasteiger partial charge in [-0.15, -0.1) is 0 Å². The van der Waals surface area contributed by atoms with Crippen molar-refractivity contribution >= 4 is 44.9 Å². The summed E-state index contributed by atoms with van der Waals surface area (Å²) in [5.74, 6) is -33.0. The van der Waals surface area contributed by atoms with Gasteiger partial charge in [-0.1, -0.05) is 18.2 Å². The van der Waals surface area contributed by atoms with Crippen molar-refractivity contribution in [3.63, 3.8) is 0 Å². The highest BCUT2D eigenvalue weighted by Gasteiger charge is 2.41. The number of benzene rings is 6. The normalized spacial score (nSPS) is 11.8. The second-order valence-corrected chi connectivity index (χ2v) is 9.19. The minimum absolute atomic E-state index is 0.0878. The van der Waals surface area contributed by atoms with Crippen LogP contribution in [-0.2, 0) is 0 Å². The van der Waals surface area contributed by atoms with Gasteiger partial charge in [0.15, 0.2) is 46.4 Å². The van der Waals surface area contributed by atoms with Gasteiger partial charge in [-0.05, 0) is 29.0 Å². The fourth-order valence-electron chi connectivity index (χ4n) is 4.86. The quantitative estimate of drug-likeness (QED) is 0.0627. The maximum atomic E-state index is 15.8. The molecule has 224 valence electrons. The van der Waals surface area contributed by atoms with Crippen molar-refractivity contribution in [1.29, 1.82) is 0 Å². The van der Waals surface area contributed by atoms with Gasteiger partial charge < -0.3 is 9.31 Å². The Bertz CT molecular complexity index is 2160. The lowest BCUT2D eigenvalue weighted by molar-refractivity contribution is 0.327. The Morgan fingerprint density at radius 1 is 0.364 bits per heavy atom. The van der Waals surface area contributed by atoms with Gasteiger partial charge in [0.25, 0.3) is 0 Å². The van der Waals surface area contributed by atoms with E-state index in [0.29, 0.717) is 0 Å². The topological polar surface area (TPSA) is 18.5 Å². The third-order valence-corrected chi connectivity index (χ3v) is 6.81. The van der Waals surface area contributed by atoms with Crippen molar-refractivity contribution in [2.75, 3.05) is 0 Å². The summed E-state index contributed by atoms with van der Waals surface area (Å²) < 4.78 is 199. The zero-order valence-electron chi connectivity index (χ0n) is 20.8. The summed E-state index contributed by atoms with van der Waals surface area (Å²) in [5.41, 5.74) is -1.47. The monoisotopic (exact) mass is 632 g/mol. The molecule has 0 aromatic heterocycles. The minimum atomic E-state index is -3.15. The molecule has 0 aliphatic heterocycles. The van der Waals surface area contributed by atoms with Crippen LogP contribution in [0.15, 0.2) is 36.4 Å². The molecule has 16 heteroatoms. The Kier molecular flexibility index (Phi) is 6.70. The standard InChI is InChI=1S/C28H6BF13O2/c30-9-4-2-7-1-3-8-13-12(7)14(9)18(34)19(35)15(13)20(36)21(37)16(8)29(43-27-11(32)6-5-10(31)17(27)33)44-28-25(41)23(39)22(38)24(40)26(28)42/h1-6H. The number of hydrogen-bond donors (Lipinski definition) is 0. The first kappa shape index (κ1) is 29.2. The minimum Gasteiger partial charge on any atom is -0.518 e. The van der Waals surface area contributed by atoms with Crippen LogP contribution in [-0.4, -0.2) is 7.12 Å². The zero-order chi connectivity index (χ0) is 31.9. The largest absolute Gasteiger partial charge is 0.636 e. The van der Waals surface area contributed by atoms with Gasteiger partial charge in [-0.25, -0.2) is 43.9 Å². The van der Waals surface area contributed by atoms with E-state index in [1.165, 1.54) is 0 Å². The molecule has 0 heterocycles. The van der Waals surface area contributed by atoms with E-state index in [9.17, 15) is 43.9 Å². The highest BCUT2D eigenvalue weighted by molar-refractivity contribution is 6.66. The van der Waals surface area contributed by atoms with Crippen LogP contribution >= 0.6 is 0 Å². The maximum absolute atomic E-state index is 15.8. The predicted octanol–water partition coefficient (Wildman–Crippen LogP) is 8.25. The van der Waals surface area contributed by atoms with E-state index in [-0.39, 0.29) is 17.5 Å². The van der Waals surface area contributed by atoms with Gasteiger partial charge in [0.2, 0.25) is 34.9 Å². The highest BCUT2D eigenvalue weighted by Crippen LogP contribution is 2.41. The second kappa shape index (κ2) is 10.1. The van der Waals surface area contributed by atoms with Gasteiger partial charge in [-0.3, -0.25) is 0 Å². The summed E-state index contributed by atoms with van der Waals surface area (Å²) in [7, 11) is -3.15. The molecule has 6 aromatic rings. The van der Waals surface area contributed by atoms with Crippen LogP contribution in [0.4, 0.5) is 57.1 Å². The number of hydrogen-bond acceptors (Lipinski definition) is 2. The van der Waals surface area contributed by atoms with E-state index in [1.54, 1.807) is 0 Å². The summed E-state index contributed by atoms with van der Waals surface area (Å²) >= 11 is 0. The van der Waals surface area contributed by atoms with Crippen molar-refractivity contribution in [3.05, 3.63) is 112 Å². The first-order chi connectivity index (χ1) is 20.8. The Morgan fingerprint density at radius 2 is 0.864 bits per heavy atom. The molecule has 0 fully saturated rings. The molecular weight excluding hydrogens is 626 g/mol. The van der Waals surface area contributed by atoms with Crippen molar-refractivity contribution in [2.45, 2.75) is 0 Å². The highest BCUT2D eigenvalue weighted by atomic mass is 19.2. The van der Waals surface area contributed by atoms with Crippen LogP contribution in [0, 0.1) is 75.6 Å². The molecule has 0 amide bonds. The van der Waals surface area contributed by atoms with Gasteiger partial charge in [0, 0.05) is 10.8 Å². The average Bonchev–Trinajstić information content (AvgIpc) is 3.00. The smallest absolute Gasteiger partial charge is 0.518 e. The molecule has 0 saturated carbocycles. The lowest BCUT2D eigenvalue weighted by Crippen LogP contribution is -2.46. The van der Waals surface area contributed by atoms with E-state index in [4.69, 9.17) is 9.31 Å². The first-order valence-corrected chi connectivity index (χ1v) is 11.9. The molecule has 2 nitrogen and oxygen atoms in total. The molecule has 0 atom stereocenters. The van der Waals surface area contributed by atoms with Crippen LogP contribution in [0.5, 0.6) is 11.5 Å².